The summed E-state index contributed by atoms with van der Waals surface area (Å²) in [7, 11) is -2.68. The Balaban J connectivity index is 1.98. The predicted octanol–water partition coefficient (Wildman–Crippen LogP) is 1.28. The van der Waals surface area contributed by atoms with Crippen LogP contribution in [0.2, 0.25) is 0 Å². The van der Waals surface area contributed by atoms with Crippen LogP contribution in [0.3, 0.4) is 0 Å². The maximum absolute atomic E-state index is 12.5. The van der Waals surface area contributed by atoms with Gasteiger partial charge in [-0.3, -0.25) is 25.2 Å². The average molecular weight is 403 g/mol. The number of nitrogens with zero attached hydrogens (tertiary/aromatic N) is 1. The highest BCUT2D eigenvalue weighted by Crippen LogP contribution is 2.15. The lowest BCUT2D eigenvalue weighted by Gasteiger charge is -2.17. The summed E-state index contributed by atoms with van der Waals surface area (Å²) in [5.41, 5.74) is 5.98. The number of ketones is 1. The van der Waals surface area contributed by atoms with Crippen molar-refractivity contribution in [3.05, 3.63) is 65.2 Å². The van der Waals surface area contributed by atoms with E-state index in [0.29, 0.717) is 11.1 Å². The number of hydrogen-bond donors (Lipinski definition) is 2. The van der Waals surface area contributed by atoms with Crippen molar-refractivity contribution < 1.29 is 22.8 Å². The van der Waals surface area contributed by atoms with Crippen molar-refractivity contribution in [3.8, 4) is 0 Å². The maximum atomic E-state index is 12.5. The number of aryl methyl sites for hydroxylation is 1. The van der Waals surface area contributed by atoms with Crippen LogP contribution in [0.4, 0.5) is 0 Å². The third-order valence-corrected chi connectivity index (χ3v) is 5.86. The summed E-state index contributed by atoms with van der Waals surface area (Å²) >= 11 is 0. The zero-order valence-corrected chi connectivity index (χ0v) is 16.5. The van der Waals surface area contributed by atoms with E-state index in [-0.39, 0.29) is 10.7 Å². The van der Waals surface area contributed by atoms with Gasteiger partial charge in [-0.2, -0.15) is 4.31 Å². The SMILES string of the molecule is CC(=O)c1ccc(S(=O)(=O)N(C)CC(=O)NNC(=O)c2ccccc2C)cc1. The molecule has 2 aromatic carbocycles. The number of carbonyl (C=O) groups is 3. The maximum Gasteiger partial charge on any atom is 0.269 e. The van der Waals surface area contributed by atoms with E-state index in [1.54, 1.807) is 31.2 Å². The molecule has 0 saturated heterocycles. The first kappa shape index (κ1) is 21.3. The first-order valence-electron chi connectivity index (χ1n) is 8.35. The zero-order valence-electron chi connectivity index (χ0n) is 15.7. The lowest BCUT2D eigenvalue weighted by Crippen LogP contribution is -2.46. The van der Waals surface area contributed by atoms with Gasteiger partial charge in [0.05, 0.1) is 11.4 Å². The van der Waals surface area contributed by atoms with Gasteiger partial charge >= 0.3 is 0 Å². The molecule has 0 fully saturated rings. The molecular formula is C19H21N3O5S. The summed E-state index contributed by atoms with van der Waals surface area (Å²) in [6, 6.07) is 12.3. The highest BCUT2D eigenvalue weighted by molar-refractivity contribution is 7.89. The second-order valence-corrected chi connectivity index (χ2v) is 8.20. The van der Waals surface area contributed by atoms with E-state index in [4.69, 9.17) is 0 Å². The van der Waals surface area contributed by atoms with Crippen LogP contribution in [-0.4, -0.2) is 43.9 Å². The molecule has 0 spiro atoms. The van der Waals surface area contributed by atoms with Crippen molar-refractivity contribution in [3.63, 3.8) is 0 Å². The Bertz CT molecular complexity index is 1000. The van der Waals surface area contributed by atoms with Gasteiger partial charge in [0, 0.05) is 18.2 Å². The zero-order chi connectivity index (χ0) is 20.9. The van der Waals surface area contributed by atoms with Gasteiger partial charge in [-0.25, -0.2) is 8.42 Å². The second-order valence-electron chi connectivity index (χ2n) is 6.16. The van der Waals surface area contributed by atoms with Crippen molar-refractivity contribution in [1.82, 2.24) is 15.2 Å². The Labute approximate surface area is 163 Å². The van der Waals surface area contributed by atoms with Gasteiger partial charge in [-0.05, 0) is 37.6 Å². The molecule has 0 aromatic heterocycles. The van der Waals surface area contributed by atoms with Crippen molar-refractivity contribution in [1.29, 1.82) is 0 Å². The smallest absolute Gasteiger partial charge is 0.269 e. The van der Waals surface area contributed by atoms with Crippen molar-refractivity contribution >= 4 is 27.6 Å². The molecule has 2 rings (SSSR count). The monoisotopic (exact) mass is 403 g/mol. The molecule has 0 unspecified atom stereocenters. The Kier molecular flexibility index (Phi) is 6.66. The van der Waals surface area contributed by atoms with Crippen LogP contribution in [0.5, 0.6) is 0 Å². The number of sulfonamides is 1. The number of carbonyl (C=O) groups excluding carboxylic acids is 3. The van der Waals surface area contributed by atoms with E-state index < -0.39 is 28.4 Å². The van der Waals surface area contributed by atoms with Crippen LogP contribution >= 0.6 is 0 Å². The fourth-order valence-electron chi connectivity index (χ4n) is 2.39. The fourth-order valence-corrected chi connectivity index (χ4v) is 3.52. The number of rotatable bonds is 6. The van der Waals surface area contributed by atoms with Gasteiger partial charge in [0.15, 0.2) is 5.78 Å². The number of hydrazine groups is 1. The Hall–Kier alpha value is -3.04. The number of nitrogens with one attached hydrogen (secondary N) is 2. The first-order valence-corrected chi connectivity index (χ1v) is 9.79. The molecule has 0 aliphatic carbocycles. The van der Waals surface area contributed by atoms with E-state index in [2.05, 4.69) is 10.9 Å². The molecule has 0 bridgehead atoms. The molecule has 9 heteroatoms. The second kappa shape index (κ2) is 8.77. The van der Waals surface area contributed by atoms with Crippen LogP contribution in [0.25, 0.3) is 0 Å². The van der Waals surface area contributed by atoms with Gasteiger partial charge in [-0.1, -0.05) is 30.3 Å². The summed E-state index contributed by atoms with van der Waals surface area (Å²) in [4.78, 5) is 35.3. The molecule has 0 aliphatic heterocycles. The number of benzene rings is 2. The van der Waals surface area contributed by atoms with Crippen LogP contribution in [0, 0.1) is 6.92 Å². The molecule has 0 aliphatic rings. The molecular weight excluding hydrogens is 382 g/mol. The number of likely N-dealkylation sites (N-methyl/N-ethyl adjacent to an activating group) is 1. The van der Waals surface area contributed by atoms with E-state index >= 15 is 0 Å². The summed E-state index contributed by atoms with van der Waals surface area (Å²) in [5, 5.41) is 0. The van der Waals surface area contributed by atoms with E-state index in [0.717, 1.165) is 9.87 Å². The normalized spacial score (nSPS) is 11.1. The summed E-state index contributed by atoms with van der Waals surface area (Å²) in [6.45, 7) is 2.64. The molecule has 2 N–H and O–H groups in total. The molecule has 28 heavy (non-hydrogen) atoms. The van der Waals surface area contributed by atoms with Crippen molar-refractivity contribution in [2.24, 2.45) is 0 Å². The van der Waals surface area contributed by atoms with E-state index in [1.807, 2.05) is 0 Å². The van der Waals surface area contributed by atoms with Crippen molar-refractivity contribution in [2.45, 2.75) is 18.7 Å². The molecule has 2 aromatic rings. The molecule has 0 saturated carbocycles. The Morgan fingerprint density at radius 1 is 0.964 bits per heavy atom. The minimum atomic E-state index is -3.93. The van der Waals surface area contributed by atoms with Gasteiger partial charge in [0.1, 0.15) is 0 Å². The molecule has 0 heterocycles. The fraction of sp³-hybridized carbons (Fsp3) is 0.211. The minimum Gasteiger partial charge on any atom is -0.295 e. The highest BCUT2D eigenvalue weighted by Gasteiger charge is 2.23. The first-order chi connectivity index (χ1) is 13.1. The number of Topliss-reactive ketones (excluding diaryl/α,β-unsaturated/α-hetero) is 1. The van der Waals surface area contributed by atoms with E-state index in [9.17, 15) is 22.8 Å². The highest BCUT2D eigenvalue weighted by atomic mass is 32.2. The molecule has 0 atom stereocenters. The van der Waals surface area contributed by atoms with Gasteiger partial charge < -0.3 is 0 Å². The largest absolute Gasteiger partial charge is 0.295 e. The Morgan fingerprint density at radius 2 is 1.57 bits per heavy atom. The van der Waals surface area contributed by atoms with Gasteiger partial charge in [-0.15, -0.1) is 0 Å². The predicted molar refractivity (Wildman–Crippen MR) is 103 cm³/mol. The number of amides is 2. The van der Waals surface area contributed by atoms with Crippen LogP contribution in [-0.2, 0) is 14.8 Å². The lowest BCUT2D eigenvalue weighted by atomic mass is 10.1. The summed E-state index contributed by atoms with van der Waals surface area (Å²) in [5.74, 6) is -1.38. The van der Waals surface area contributed by atoms with Crippen LogP contribution < -0.4 is 10.9 Å². The molecule has 0 radical (unpaired) electrons. The van der Waals surface area contributed by atoms with E-state index in [1.165, 1.54) is 38.2 Å². The van der Waals surface area contributed by atoms with Gasteiger partial charge in [0.2, 0.25) is 10.0 Å². The molecule has 8 nitrogen and oxygen atoms in total. The molecule has 2 amide bonds. The van der Waals surface area contributed by atoms with Crippen LogP contribution in [0.15, 0.2) is 53.4 Å². The minimum absolute atomic E-state index is 0.0447. The van der Waals surface area contributed by atoms with Crippen molar-refractivity contribution in [2.75, 3.05) is 13.6 Å². The summed E-state index contributed by atoms with van der Waals surface area (Å²) in [6.07, 6.45) is 0. The van der Waals surface area contributed by atoms with Crippen LogP contribution in [0.1, 0.15) is 33.2 Å². The lowest BCUT2D eigenvalue weighted by molar-refractivity contribution is -0.121. The summed E-state index contributed by atoms with van der Waals surface area (Å²) < 4.78 is 25.9. The topological polar surface area (TPSA) is 113 Å². The average Bonchev–Trinajstić information content (AvgIpc) is 2.66. The van der Waals surface area contributed by atoms with Gasteiger partial charge in [0.25, 0.3) is 11.8 Å². The quantitative estimate of drug-likeness (QED) is 0.557. The standard InChI is InChI=1S/C19H21N3O5S/c1-13-6-4-5-7-17(13)19(25)21-20-18(24)12-22(3)28(26,27)16-10-8-15(9-11-16)14(2)23/h4-11H,12H2,1-3H3,(H,20,24)(H,21,25). The third-order valence-electron chi connectivity index (χ3n) is 4.04. The number of hydrogen-bond acceptors (Lipinski definition) is 5. The molecule has 148 valence electrons. The third kappa shape index (κ3) is 5.02. The Morgan fingerprint density at radius 3 is 2.14 bits per heavy atom.